The first-order valence-electron chi connectivity index (χ1n) is 9.92. The van der Waals surface area contributed by atoms with E-state index in [1.54, 1.807) is 38.1 Å². The molecular formula is C21H26N4O5S. The number of sulfonamides is 1. The summed E-state index contributed by atoms with van der Waals surface area (Å²) in [7, 11) is -3.58. The Hall–Kier alpha value is -2.82. The molecule has 1 N–H and O–H groups in total. The van der Waals surface area contributed by atoms with Crippen molar-refractivity contribution in [2.45, 2.75) is 25.7 Å². The second kappa shape index (κ2) is 9.13. The van der Waals surface area contributed by atoms with Gasteiger partial charge in [0.05, 0.1) is 16.4 Å². The van der Waals surface area contributed by atoms with Gasteiger partial charge in [0.2, 0.25) is 15.9 Å². The Morgan fingerprint density at radius 1 is 1.03 bits per heavy atom. The standard InChI is InChI=1S/C21H26N4O5S/c1-15-4-7-20(17(3)12-15)31(29,30)24-10-8-23(9-11-24)14-21(26)22-18-6-5-16(2)19(13-18)25(27)28/h4-7,12-13H,8-11,14H2,1-3H3,(H,22,26). The van der Waals surface area contributed by atoms with Crippen molar-refractivity contribution in [3.05, 3.63) is 63.2 Å². The van der Waals surface area contributed by atoms with E-state index < -0.39 is 14.9 Å². The first kappa shape index (κ1) is 22.9. The minimum atomic E-state index is -3.58. The minimum Gasteiger partial charge on any atom is -0.325 e. The zero-order valence-electron chi connectivity index (χ0n) is 17.8. The number of hydrogen-bond donors (Lipinski definition) is 1. The number of nitro benzene ring substituents is 1. The lowest BCUT2D eigenvalue weighted by molar-refractivity contribution is -0.385. The monoisotopic (exact) mass is 446 g/mol. The van der Waals surface area contributed by atoms with Crippen LogP contribution in [0.5, 0.6) is 0 Å². The molecule has 166 valence electrons. The van der Waals surface area contributed by atoms with E-state index in [1.807, 2.05) is 17.9 Å². The van der Waals surface area contributed by atoms with E-state index in [-0.39, 0.29) is 18.1 Å². The fourth-order valence-electron chi connectivity index (χ4n) is 3.64. The van der Waals surface area contributed by atoms with Crippen molar-refractivity contribution < 1.29 is 18.1 Å². The smallest absolute Gasteiger partial charge is 0.274 e. The lowest BCUT2D eigenvalue weighted by atomic mass is 10.2. The van der Waals surface area contributed by atoms with Crippen LogP contribution in [0.4, 0.5) is 11.4 Å². The molecule has 10 heteroatoms. The highest BCUT2D eigenvalue weighted by Crippen LogP contribution is 2.23. The van der Waals surface area contributed by atoms with E-state index in [2.05, 4.69) is 5.32 Å². The van der Waals surface area contributed by atoms with Crippen LogP contribution >= 0.6 is 0 Å². The number of rotatable bonds is 6. The third-order valence-corrected chi connectivity index (χ3v) is 7.40. The van der Waals surface area contributed by atoms with Crippen LogP contribution < -0.4 is 5.32 Å². The normalized spacial score (nSPS) is 15.6. The topological polar surface area (TPSA) is 113 Å². The van der Waals surface area contributed by atoms with Crippen molar-refractivity contribution in [3.63, 3.8) is 0 Å². The zero-order valence-corrected chi connectivity index (χ0v) is 18.6. The average Bonchev–Trinajstić information content (AvgIpc) is 2.69. The van der Waals surface area contributed by atoms with Crippen LogP contribution in [0, 0.1) is 30.9 Å². The van der Waals surface area contributed by atoms with Crippen LogP contribution in [-0.2, 0) is 14.8 Å². The summed E-state index contributed by atoms with van der Waals surface area (Å²) in [6, 6.07) is 9.82. The first-order valence-corrected chi connectivity index (χ1v) is 11.4. The molecule has 0 radical (unpaired) electrons. The number of nitrogens with one attached hydrogen (secondary N) is 1. The first-order chi connectivity index (χ1) is 14.6. The minimum absolute atomic E-state index is 0.0528. The third kappa shape index (κ3) is 5.27. The predicted molar refractivity (Wildman–Crippen MR) is 118 cm³/mol. The van der Waals surface area contributed by atoms with Gasteiger partial charge in [0.25, 0.3) is 5.69 Å². The highest BCUT2D eigenvalue weighted by Gasteiger charge is 2.30. The number of hydrogen-bond acceptors (Lipinski definition) is 6. The van der Waals surface area contributed by atoms with Crippen molar-refractivity contribution in [3.8, 4) is 0 Å². The fraction of sp³-hybridized carbons (Fsp3) is 0.381. The van der Waals surface area contributed by atoms with Gasteiger partial charge in [-0.05, 0) is 38.5 Å². The molecule has 0 bridgehead atoms. The van der Waals surface area contributed by atoms with Gasteiger partial charge in [-0.1, -0.05) is 23.8 Å². The largest absolute Gasteiger partial charge is 0.325 e. The number of aryl methyl sites for hydroxylation is 3. The molecule has 1 aliphatic heterocycles. The molecule has 2 aromatic rings. The highest BCUT2D eigenvalue weighted by molar-refractivity contribution is 7.89. The number of nitrogens with zero attached hydrogens (tertiary/aromatic N) is 3. The Balaban J connectivity index is 1.58. The van der Waals surface area contributed by atoms with Crippen molar-refractivity contribution in [2.24, 2.45) is 0 Å². The SMILES string of the molecule is Cc1ccc(S(=O)(=O)N2CCN(CC(=O)Nc3ccc(C)c([N+](=O)[O-])c3)CC2)c(C)c1. The Morgan fingerprint density at radius 3 is 2.32 bits per heavy atom. The molecule has 0 aliphatic carbocycles. The summed E-state index contributed by atoms with van der Waals surface area (Å²) in [5.41, 5.74) is 2.55. The van der Waals surface area contributed by atoms with Crippen LogP contribution in [0.15, 0.2) is 41.3 Å². The highest BCUT2D eigenvalue weighted by atomic mass is 32.2. The van der Waals surface area contributed by atoms with Gasteiger partial charge in [-0.25, -0.2) is 8.42 Å². The van der Waals surface area contributed by atoms with E-state index >= 15 is 0 Å². The molecule has 0 spiro atoms. The fourth-order valence-corrected chi connectivity index (χ4v) is 5.27. The van der Waals surface area contributed by atoms with Gasteiger partial charge < -0.3 is 5.32 Å². The summed E-state index contributed by atoms with van der Waals surface area (Å²) >= 11 is 0. The van der Waals surface area contributed by atoms with Gasteiger partial charge in [0.1, 0.15) is 0 Å². The van der Waals surface area contributed by atoms with Crippen LogP contribution in [0.1, 0.15) is 16.7 Å². The second-order valence-electron chi connectivity index (χ2n) is 7.76. The van der Waals surface area contributed by atoms with Gasteiger partial charge in [0.15, 0.2) is 0 Å². The molecule has 0 aromatic heterocycles. The Morgan fingerprint density at radius 2 is 1.71 bits per heavy atom. The van der Waals surface area contributed by atoms with E-state index in [1.165, 1.54) is 10.4 Å². The molecule has 1 saturated heterocycles. The third-order valence-electron chi connectivity index (χ3n) is 5.34. The summed E-state index contributed by atoms with van der Waals surface area (Å²) in [6.07, 6.45) is 0. The summed E-state index contributed by atoms with van der Waals surface area (Å²) in [5.74, 6) is -0.302. The van der Waals surface area contributed by atoms with E-state index in [0.717, 1.165) is 5.56 Å². The molecule has 3 rings (SSSR count). The number of benzene rings is 2. The van der Waals surface area contributed by atoms with Crippen LogP contribution in [0.2, 0.25) is 0 Å². The molecule has 0 saturated carbocycles. The molecule has 1 heterocycles. The lowest BCUT2D eigenvalue weighted by Gasteiger charge is -2.33. The molecule has 0 atom stereocenters. The summed E-state index contributed by atoms with van der Waals surface area (Å²) < 4.78 is 27.4. The van der Waals surface area contributed by atoms with Crippen LogP contribution in [-0.4, -0.2) is 61.2 Å². The predicted octanol–water partition coefficient (Wildman–Crippen LogP) is 2.47. The molecule has 9 nitrogen and oxygen atoms in total. The molecule has 31 heavy (non-hydrogen) atoms. The number of nitro groups is 1. The Labute approximate surface area is 181 Å². The van der Waals surface area contributed by atoms with Crippen molar-refractivity contribution >= 4 is 27.3 Å². The van der Waals surface area contributed by atoms with Gasteiger partial charge in [0, 0.05) is 43.5 Å². The molecular weight excluding hydrogens is 420 g/mol. The number of carbonyl (C=O) groups is 1. The maximum absolute atomic E-state index is 13.0. The van der Waals surface area contributed by atoms with Gasteiger partial charge in [-0.3, -0.25) is 19.8 Å². The Kier molecular flexibility index (Phi) is 6.73. The van der Waals surface area contributed by atoms with E-state index in [0.29, 0.717) is 47.9 Å². The number of amides is 1. The quantitative estimate of drug-likeness (QED) is 0.539. The second-order valence-corrected chi connectivity index (χ2v) is 9.66. The van der Waals surface area contributed by atoms with Crippen molar-refractivity contribution in [1.82, 2.24) is 9.21 Å². The Bertz CT molecular complexity index is 1110. The molecule has 0 unspecified atom stereocenters. The lowest BCUT2D eigenvalue weighted by Crippen LogP contribution is -2.50. The maximum Gasteiger partial charge on any atom is 0.274 e. The summed E-state index contributed by atoms with van der Waals surface area (Å²) in [5, 5.41) is 13.7. The van der Waals surface area contributed by atoms with Gasteiger partial charge in [-0.2, -0.15) is 4.31 Å². The molecule has 1 aliphatic rings. The van der Waals surface area contributed by atoms with Crippen LogP contribution in [0.3, 0.4) is 0 Å². The molecule has 1 amide bonds. The van der Waals surface area contributed by atoms with E-state index in [4.69, 9.17) is 0 Å². The van der Waals surface area contributed by atoms with Crippen molar-refractivity contribution in [2.75, 3.05) is 38.0 Å². The molecule has 2 aromatic carbocycles. The summed E-state index contributed by atoms with van der Waals surface area (Å²) in [6.45, 7) is 6.85. The van der Waals surface area contributed by atoms with Crippen LogP contribution in [0.25, 0.3) is 0 Å². The van der Waals surface area contributed by atoms with E-state index in [9.17, 15) is 23.3 Å². The summed E-state index contributed by atoms with van der Waals surface area (Å²) in [4.78, 5) is 25.1. The number of piperazine rings is 1. The van der Waals surface area contributed by atoms with Crippen molar-refractivity contribution in [1.29, 1.82) is 0 Å². The van der Waals surface area contributed by atoms with Gasteiger partial charge in [-0.15, -0.1) is 0 Å². The zero-order chi connectivity index (χ0) is 22.8. The number of anilines is 1. The van der Waals surface area contributed by atoms with Gasteiger partial charge >= 0.3 is 0 Å². The number of carbonyl (C=O) groups excluding carboxylic acids is 1. The average molecular weight is 447 g/mol. The molecule has 1 fully saturated rings. The maximum atomic E-state index is 13.0.